The van der Waals surface area contributed by atoms with E-state index in [2.05, 4.69) is 39.4 Å². The van der Waals surface area contributed by atoms with Crippen LogP contribution in [0.15, 0.2) is 35.4 Å². The number of aromatic amines is 1. The molecule has 1 saturated heterocycles. The first-order valence-electron chi connectivity index (χ1n) is 9.93. The molecule has 1 fully saturated rings. The Hall–Kier alpha value is -2.29. The molecule has 3 heterocycles. The Kier molecular flexibility index (Phi) is 12.5. The van der Waals surface area contributed by atoms with Gasteiger partial charge >= 0.3 is 5.69 Å². The van der Waals surface area contributed by atoms with Gasteiger partial charge in [-0.15, -0.1) is 0 Å². The first-order chi connectivity index (χ1) is 13.6. The van der Waals surface area contributed by atoms with E-state index in [1.807, 2.05) is 0 Å². The molecule has 8 heteroatoms. The lowest BCUT2D eigenvalue weighted by molar-refractivity contribution is 0.282. The van der Waals surface area contributed by atoms with Crippen molar-refractivity contribution in [2.24, 2.45) is 5.73 Å². The highest BCUT2D eigenvalue weighted by Gasteiger charge is 2.05. The van der Waals surface area contributed by atoms with Crippen LogP contribution in [0.1, 0.15) is 51.5 Å². The summed E-state index contributed by atoms with van der Waals surface area (Å²) in [5.74, 6) is 1.05. The molecule has 0 amide bonds. The lowest BCUT2D eigenvalue weighted by atomic mass is 10.1. The number of piperidine rings is 1. The van der Waals surface area contributed by atoms with Gasteiger partial charge in [-0.05, 0) is 49.7 Å². The van der Waals surface area contributed by atoms with Crippen LogP contribution >= 0.6 is 0 Å². The number of aliphatic hydroxyl groups is 1. The number of nitrogens with two attached hydrogens (primary N) is 1. The Bertz CT molecular complexity index is 699. The van der Waals surface area contributed by atoms with Crippen LogP contribution in [0.4, 0.5) is 11.6 Å². The summed E-state index contributed by atoms with van der Waals surface area (Å²) in [5.41, 5.74) is 5.91. The third kappa shape index (κ3) is 10.8. The van der Waals surface area contributed by atoms with Gasteiger partial charge in [0, 0.05) is 18.4 Å². The van der Waals surface area contributed by atoms with Crippen LogP contribution in [-0.4, -0.2) is 39.2 Å². The van der Waals surface area contributed by atoms with Crippen LogP contribution in [0.25, 0.3) is 0 Å². The molecule has 0 radical (unpaired) electrons. The quantitative estimate of drug-likeness (QED) is 0.530. The summed E-state index contributed by atoms with van der Waals surface area (Å²) in [6, 6.07) is 5.50. The molecule has 0 bridgehead atoms. The molecular formula is C20H34N6O2. The van der Waals surface area contributed by atoms with Gasteiger partial charge < -0.3 is 21.5 Å². The minimum absolute atomic E-state index is 0.0515. The maximum absolute atomic E-state index is 10.9. The SMILES string of the molecule is CCCCC.NC1CCNCC1.O=c1nccc(Nc2cc(CO)ccn2)[nH]1. The number of aromatic nitrogens is 3. The highest BCUT2D eigenvalue weighted by molar-refractivity contribution is 5.51. The zero-order valence-electron chi connectivity index (χ0n) is 16.9. The van der Waals surface area contributed by atoms with Gasteiger partial charge in [-0.25, -0.2) is 14.8 Å². The summed E-state index contributed by atoms with van der Waals surface area (Å²) in [6.07, 6.45) is 9.36. The van der Waals surface area contributed by atoms with Crippen molar-refractivity contribution in [2.75, 3.05) is 18.4 Å². The number of hydrogen-bond acceptors (Lipinski definition) is 7. The van der Waals surface area contributed by atoms with Crippen molar-refractivity contribution in [2.45, 2.75) is 58.6 Å². The van der Waals surface area contributed by atoms with Crippen LogP contribution in [0, 0.1) is 0 Å². The third-order valence-corrected chi connectivity index (χ3v) is 4.04. The second kappa shape index (κ2) is 14.7. The fourth-order valence-corrected chi connectivity index (χ4v) is 2.42. The monoisotopic (exact) mass is 390 g/mol. The molecule has 28 heavy (non-hydrogen) atoms. The Morgan fingerprint density at radius 3 is 2.36 bits per heavy atom. The van der Waals surface area contributed by atoms with E-state index in [1.165, 1.54) is 25.5 Å². The molecule has 0 saturated carbocycles. The lowest BCUT2D eigenvalue weighted by Gasteiger charge is -2.17. The molecule has 0 aliphatic carbocycles. The Morgan fingerprint density at radius 1 is 1.18 bits per heavy atom. The van der Waals surface area contributed by atoms with Crippen LogP contribution in [0.5, 0.6) is 0 Å². The van der Waals surface area contributed by atoms with Crippen LogP contribution in [-0.2, 0) is 6.61 Å². The molecule has 2 aromatic heterocycles. The molecule has 0 spiro atoms. The van der Waals surface area contributed by atoms with E-state index in [0.29, 0.717) is 17.7 Å². The molecule has 0 unspecified atom stereocenters. The first-order valence-corrected chi connectivity index (χ1v) is 9.93. The number of nitrogens with one attached hydrogen (secondary N) is 3. The fourth-order valence-electron chi connectivity index (χ4n) is 2.42. The smallest absolute Gasteiger partial charge is 0.346 e. The maximum atomic E-state index is 10.9. The van der Waals surface area contributed by atoms with Gasteiger partial charge in [-0.1, -0.05) is 33.1 Å². The lowest BCUT2D eigenvalue weighted by Crippen LogP contribution is -2.35. The number of anilines is 2. The van der Waals surface area contributed by atoms with Crippen molar-refractivity contribution in [3.05, 3.63) is 46.6 Å². The maximum Gasteiger partial charge on any atom is 0.346 e. The number of unbranched alkanes of at least 4 members (excludes halogenated alkanes) is 2. The van der Waals surface area contributed by atoms with E-state index in [4.69, 9.17) is 10.8 Å². The molecule has 156 valence electrons. The predicted molar refractivity (Wildman–Crippen MR) is 114 cm³/mol. The summed E-state index contributed by atoms with van der Waals surface area (Å²) in [4.78, 5) is 21.0. The van der Waals surface area contributed by atoms with E-state index in [1.54, 1.807) is 24.4 Å². The van der Waals surface area contributed by atoms with E-state index in [0.717, 1.165) is 31.5 Å². The van der Waals surface area contributed by atoms with E-state index < -0.39 is 5.69 Å². The van der Waals surface area contributed by atoms with Crippen LogP contribution in [0.3, 0.4) is 0 Å². The molecule has 0 aromatic carbocycles. The molecule has 2 aromatic rings. The van der Waals surface area contributed by atoms with Crippen LogP contribution < -0.4 is 22.1 Å². The Morgan fingerprint density at radius 2 is 1.86 bits per heavy atom. The number of rotatable bonds is 5. The summed E-state index contributed by atoms with van der Waals surface area (Å²) in [5, 5.41) is 15.1. The van der Waals surface area contributed by atoms with Gasteiger partial charge in [0.15, 0.2) is 0 Å². The van der Waals surface area contributed by atoms with E-state index in [9.17, 15) is 4.79 Å². The second-order valence-electron chi connectivity index (χ2n) is 6.56. The van der Waals surface area contributed by atoms with Crippen LogP contribution in [0.2, 0.25) is 0 Å². The molecule has 0 atom stereocenters. The van der Waals surface area contributed by atoms with E-state index in [-0.39, 0.29) is 6.61 Å². The summed E-state index contributed by atoms with van der Waals surface area (Å²) < 4.78 is 0. The van der Waals surface area contributed by atoms with Gasteiger partial charge in [-0.3, -0.25) is 4.98 Å². The number of hydrogen-bond donors (Lipinski definition) is 5. The van der Waals surface area contributed by atoms with Crippen molar-refractivity contribution >= 4 is 11.6 Å². The number of aliphatic hydroxyl groups excluding tert-OH is 1. The zero-order valence-corrected chi connectivity index (χ0v) is 16.9. The highest BCUT2D eigenvalue weighted by Crippen LogP contribution is 2.11. The third-order valence-electron chi connectivity index (χ3n) is 4.04. The standard InChI is InChI=1S/C10H10N4O2.C5H12N2.C5H12/c15-6-7-1-3-11-9(5-7)13-8-2-4-12-10(16)14-8;6-5-1-3-7-4-2-5;1-3-5-4-2/h1-5,15H,6H2,(H2,11,12,13,14,16);5,7H,1-4,6H2;3-5H2,1-2H3. The molecule has 3 rings (SSSR count). The molecule has 8 nitrogen and oxygen atoms in total. The van der Waals surface area contributed by atoms with Gasteiger partial charge in [0.2, 0.25) is 0 Å². The average Bonchev–Trinajstić information content (AvgIpc) is 2.70. The highest BCUT2D eigenvalue weighted by atomic mass is 16.3. The van der Waals surface area contributed by atoms with Crippen molar-refractivity contribution in [3.63, 3.8) is 0 Å². The normalized spacial score (nSPS) is 13.6. The molecular weight excluding hydrogens is 356 g/mol. The molecule has 1 aliphatic rings. The van der Waals surface area contributed by atoms with Gasteiger partial charge in [0.1, 0.15) is 11.6 Å². The fraction of sp³-hybridized carbons (Fsp3) is 0.550. The predicted octanol–water partition coefficient (Wildman–Crippen LogP) is 2.29. The summed E-state index contributed by atoms with van der Waals surface area (Å²) >= 11 is 0. The second-order valence-corrected chi connectivity index (χ2v) is 6.56. The van der Waals surface area contributed by atoms with Crippen molar-refractivity contribution in [3.8, 4) is 0 Å². The van der Waals surface area contributed by atoms with Crippen molar-refractivity contribution in [1.82, 2.24) is 20.3 Å². The Balaban J connectivity index is 0.000000269. The Labute approximate surface area is 167 Å². The van der Waals surface area contributed by atoms with Crippen molar-refractivity contribution in [1.29, 1.82) is 0 Å². The minimum Gasteiger partial charge on any atom is -0.392 e. The minimum atomic E-state index is -0.427. The van der Waals surface area contributed by atoms with E-state index >= 15 is 0 Å². The first kappa shape index (κ1) is 23.7. The number of pyridine rings is 1. The summed E-state index contributed by atoms with van der Waals surface area (Å²) in [7, 11) is 0. The number of H-pyrrole nitrogens is 1. The largest absolute Gasteiger partial charge is 0.392 e. The molecule has 1 aliphatic heterocycles. The van der Waals surface area contributed by atoms with Gasteiger partial charge in [0.25, 0.3) is 0 Å². The van der Waals surface area contributed by atoms with Crippen molar-refractivity contribution < 1.29 is 5.11 Å². The average molecular weight is 391 g/mol. The summed E-state index contributed by atoms with van der Waals surface area (Å²) in [6.45, 7) is 6.60. The van der Waals surface area contributed by atoms with Gasteiger partial charge in [0.05, 0.1) is 6.61 Å². The number of nitrogens with zero attached hydrogens (tertiary/aromatic N) is 2. The topological polar surface area (TPSA) is 129 Å². The zero-order chi connectivity index (χ0) is 20.6. The van der Waals surface area contributed by atoms with Gasteiger partial charge in [-0.2, -0.15) is 0 Å². The molecule has 6 N–H and O–H groups in total.